The minimum Gasteiger partial charge on any atom is -0.469 e. The molecule has 1 N–H and O–H groups in total. The molecule has 0 saturated carbocycles. The summed E-state index contributed by atoms with van der Waals surface area (Å²) in [6, 6.07) is -0.173. The van der Waals surface area contributed by atoms with E-state index in [1.54, 1.807) is 0 Å². The highest BCUT2D eigenvalue weighted by Gasteiger charge is 2.31. The number of methoxy groups -OCH3 is 1. The van der Waals surface area contributed by atoms with Gasteiger partial charge in [-0.05, 0) is 12.3 Å². The van der Waals surface area contributed by atoms with Gasteiger partial charge in [0, 0.05) is 25.7 Å². The summed E-state index contributed by atoms with van der Waals surface area (Å²) in [5.41, 5.74) is 0. The number of carbonyl (C=O) groups is 1. The summed E-state index contributed by atoms with van der Waals surface area (Å²) in [7, 11) is 1.33. The Hall–Kier alpha value is -0.820. The van der Waals surface area contributed by atoms with Gasteiger partial charge in [0.05, 0.1) is 20.1 Å². The van der Waals surface area contributed by atoms with Gasteiger partial charge in [-0.2, -0.15) is 13.2 Å². The van der Waals surface area contributed by atoms with Crippen LogP contribution in [0.3, 0.4) is 0 Å². The molecule has 1 saturated heterocycles. The number of esters is 1. The van der Waals surface area contributed by atoms with Gasteiger partial charge in [-0.3, -0.25) is 4.79 Å². The number of nitrogens with one attached hydrogen (secondary N) is 1. The molecule has 0 aromatic carbocycles. The SMILES string of the molecule is CCC1CC(NCC(F)(F)F)CN(CCC(=O)OC)C1. The zero-order chi connectivity index (χ0) is 15.2. The molecular weight excluding hydrogens is 273 g/mol. The lowest BCUT2D eigenvalue weighted by Gasteiger charge is -2.38. The molecule has 1 aliphatic rings. The number of carbonyl (C=O) groups excluding carboxylic acids is 1. The Bertz CT molecular complexity index is 310. The highest BCUT2D eigenvalue weighted by Crippen LogP contribution is 2.21. The van der Waals surface area contributed by atoms with Crippen LogP contribution < -0.4 is 5.32 Å². The molecule has 7 heteroatoms. The summed E-state index contributed by atoms with van der Waals surface area (Å²) < 4.78 is 41.3. The van der Waals surface area contributed by atoms with Crippen molar-refractivity contribution in [1.29, 1.82) is 0 Å². The van der Waals surface area contributed by atoms with Gasteiger partial charge in [-0.25, -0.2) is 0 Å². The molecule has 0 aromatic heterocycles. The number of hydrogen-bond acceptors (Lipinski definition) is 4. The van der Waals surface area contributed by atoms with E-state index in [-0.39, 0.29) is 18.4 Å². The monoisotopic (exact) mass is 296 g/mol. The number of piperidine rings is 1. The maximum atomic E-state index is 12.2. The Morgan fingerprint density at radius 3 is 2.65 bits per heavy atom. The van der Waals surface area contributed by atoms with Crippen molar-refractivity contribution in [2.45, 2.75) is 38.4 Å². The lowest BCUT2D eigenvalue weighted by Crippen LogP contribution is -2.51. The van der Waals surface area contributed by atoms with Gasteiger partial charge >= 0.3 is 12.1 Å². The van der Waals surface area contributed by atoms with E-state index in [0.29, 0.717) is 19.0 Å². The fourth-order valence-electron chi connectivity index (χ4n) is 2.54. The van der Waals surface area contributed by atoms with E-state index in [4.69, 9.17) is 0 Å². The number of hydrogen-bond donors (Lipinski definition) is 1. The van der Waals surface area contributed by atoms with E-state index in [9.17, 15) is 18.0 Å². The molecule has 1 aliphatic heterocycles. The average Bonchev–Trinajstić information content (AvgIpc) is 2.41. The molecule has 0 bridgehead atoms. The van der Waals surface area contributed by atoms with Gasteiger partial charge in [0.15, 0.2) is 0 Å². The molecule has 1 heterocycles. The highest BCUT2D eigenvalue weighted by atomic mass is 19.4. The number of nitrogens with zero attached hydrogens (tertiary/aromatic N) is 1. The molecule has 1 rings (SSSR count). The van der Waals surface area contributed by atoms with Crippen molar-refractivity contribution in [2.24, 2.45) is 5.92 Å². The topological polar surface area (TPSA) is 41.6 Å². The molecule has 2 atom stereocenters. The molecule has 1 fully saturated rings. The average molecular weight is 296 g/mol. The van der Waals surface area contributed by atoms with Crippen LogP contribution in [0.15, 0.2) is 0 Å². The Balaban J connectivity index is 2.45. The summed E-state index contributed by atoms with van der Waals surface area (Å²) in [5.74, 6) is 0.0792. The maximum absolute atomic E-state index is 12.2. The molecule has 0 amide bonds. The molecule has 4 nitrogen and oxygen atoms in total. The lowest BCUT2D eigenvalue weighted by atomic mass is 9.92. The van der Waals surface area contributed by atoms with Crippen LogP contribution in [0.25, 0.3) is 0 Å². The third-order valence-electron chi connectivity index (χ3n) is 3.64. The van der Waals surface area contributed by atoms with Crippen LogP contribution >= 0.6 is 0 Å². The van der Waals surface area contributed by atoms with E-state index < -0.39 is 12.7 Å². The largest absolute Gasteiger partial charge is 0.469 e. The normalized spacial score (nSPS) is 24.6. The molecule has 0 radical (unpaired) electrons. The predicted octanol–water partition coefficient (Wildman–Crippen LogP) is 1.80. The van der Waals surface area contributed by atoms with Crippen LogP contribution in [0, 0.1) is 5.92 Å². The Kier molecular flexibility index (Phi) is 6.75. The zero-order valence-corrected chi connectivity index (χ0v) is 12.0. The smallest absolute Gasteiger partial charge is 0.401 e. The van der Waals surface area contributed by atoms with E-state index in [1.807, 2.05) is 11.8 Å². The fourth-order valence-corrected chi connectivity index (χ4v) is 2.54. The molecule has 20 heavy (non-hydrogen) atoms. The van der Waals surface area contributed by atoms with Gasteiger partial charge in [0.2, 0.25) is 0 Å². The summed E-state index contributed by atoms with van der Waals surface area (Å²) in [6.07, 6.45) is -2.23. The number of ether oxygens (including phenoxy) is 1. The van der Waals surface area contributed by atoms with Crippen molar-refractivity contribution in [1.82, 2.24) is 10.2 Å². The van der Waals surface area contributed by atoms with E-state index in [0.717, 1.165) is 19.4 Å². The van der Waals surface area contributed by atoms with Crippen LogP contribution in [-0.4, -0.2) is 56.4 Å². The van der Waals surface area contributed by atoms with E-state index in [2.05, 4.69) is 10.1 Å². The van der Waals surface area contributed by atoms with Gasteiger partial charge in [0.25, 0.3) is 0 Å². The van der Waals surface area contributed by atoms with Gasteiger partial charge in [0.1, 0.15) is 0 Å². The third-order valence-corrected chi connectivity index (χ3v) is 3.64. The first-order chi connectivity index (χ1) is 9.34. The van der Waals surface area contributed by atoms with Crippen LogP contribution in [0.1, 0.15) is 26.2 Å². The number of likely N-dealkylation sites (tertiary alicyclic amines) is 1. The van der Waals surface area contributed by atoms with Crippen LogP contribution in [0.2, 0.25) is 0 Å². The summed E-state index contributed by atoms with van der Waals surface area (Å²) in [6.45, 7) is 2.99. The third kappa shape index (κ3) is 6.56. The summed E-state index contributed by atoms with van der Waals surface area (Å²) in [4.78, 5) is 13.2. The van der Waals surface area contributed by atoms with Crippen molar-refractivity contribution < 1.29 is 22.7 Å². The molecule has 0 spiro atoms. The standard InChI is InChI=1S/C13H23F3N2O2/c1-3-10-6-11(17-9-13(14,15)16)8-18(7-10)5-4-12(19)20-2/h10-11,17H,3-9H2,1-2H3. The van der Waals surface area contributed by atoms with Crippen molar-refractivity contribution in [3.05, 3.63) is 0 Å². The van der Waals surface area contributed by atoms with Gasteiger partial charge in [-0.15, -0.1) is 0 Å². The second-order valence-electron chi connectivity index (χ2n) is 5.29. The second kappa shape index (κ2) is 7.83. The minimum absolute atomic E-state index is 0.173. The Labute approximate surface area is 117 Å². The first-order valence-corrected chi connectivity index (χ1v) is 6.93. The van der Waals surface area contributed by atoms with Crippen LogP contribution in [-0.2, 0) is 9.53 Å². The first kappa shape index (κ1) is 17.2. The Morgan fingerprint density at radius 2 is 2.10 bits per heavy atom. The second-order valence-corrected chi connectivity index (χ2v) is 5.29. The van der Waals surface area contributed by atoms with Crippen molar-refractivity contribution >= 4 is 5.97 Å². The van der Waals surface area contributed by atoms with Gasteiger partial charge < -0.3 is 15.0 Å². The number of alkyl halides is 3. The molecule has 118 valence electrons. The predicted molar refractivity (Wildman–Crippen MR) is 69.3 cm³/mol. The van der Waals surface area contributed by atoms with Gasteiger partial charge in [-0.1, -0.05) is 13.3 Å². The summed E-state index contributed by atoms with van der Waals surface area (Å²) >= 11 is 0. The zero-order valence-electron chi connectivity index (χ0n) is 12.0. The minimum atomic E-state index is -4.18. The summed E-state index contributed by atoms with van der Waals surface area (Å²) in [5, 5.41) is 2.57. The van der Waals surface area contributed by atoms with Crippen LogP contribution in [0.4, 0.5) is 13.2 Å². The van der Waals surface area contributed by atoms with Crippen molar-refractivity contribution in [3.8, 4) is 0 Å². The molecule has 0 aromatic rings. The Morgan fingerprint density at radius 1 is 1.40 bits per heavy atom. The highest BCUT2D eigenvalue weighted by molar-refractivity contribution is 5.69. The van der Waals surface area contributed by atoms with E-state index in [1.165, 1.54) is 7.11 Å². The first-order valence-electron chi connectivity index (χ1n) is 6.93. The van der Waals surface area contributed by atoms with Crippen molar-refractivity contribution in [3.63, 3.8) is 0 Å². The van der Waals surface area contributed by atoms with Crippen molar-refractivity contribution in [2.75, 3.05) is 33.3 Å². The quantitative estimate of drug-likeness (QED) is 0.759. The van der Waals surface area contributed by atoms with E-state index >= 15 is 0 Å². The number of rotatable bonds is 6. The lowest BCUT2D eigenvalue weighted by molar-refractivity contribution is -0.141. The van der Waals surface area contributed by atoms with Crippen LogP contribution in [0.5, 0.6) is 0 Å². The molecule has 2 unspecified atom stereocenters. The molecular formula is C13H23F3N2O2. The number of halogens is 3. The fraction of sp³-hybridized carbons (Fsp3) is 0.923. The maximum Gasteiger partial charge on any atom is 0.401 e. The molecule has 0 aliphatic carbocycles.